The molecule has 70 valence electrons. The Kier molecular flexibility index (Phi) is 2.70. The SMILES string of the molecule is NCC1CCCc2cccc(Br)c21. The highest BCUT2D eigenvalue weighted by Gasteiger charge is 2.20. The maximum atomic E-state index is 5.77. The zero-order chi connectivity index (χ0) is 9.26. The van der Waals surface area contributed by atoms with Gasteiger partial charge < -0.3 is 5.73 Å². The molecule has 1 aliphatic carbocycles. The highest BCUT2D eigenvalue weighted by molar-refractivity contribution is 9.10. The van der Waals surface area contributed by atoms with E-state index in [1.807, 2.05) is 0 Å². The van der Waals surface area contributed by atoms with Crippen LogP contribution in [0.15, 0.2) is 22.7 Å². The number of halogens is 1. The Morgan fingerprint density at radius 3 is 3.08 bits per heavy atom. The van der Waals surface area contributed by atoms with Crippen LogP contribution >= 0.6 is 15.9 Å². The van der Waals surface area contributed by atoms with E-state index in [-0.39, 0.29) is 0 Å². The fourth-order valence-corrected chi connectivity index (χ4v) is 2.91. The number of hydrogen-bond acceptors (Lipinski definition) is 1. The van der Waals surface area contributed by atoms with Crippen molar-refractivity contribution in [2.24, 2.45) is 5.73 Å². The zero-order valence-corrected chi connectivity index (χ0v) is 9.18. The Morgan fingerprint density at radius 1 is 1.46 bits per heavy atom. The van der Waals surface area contributed by atoms with Gasteiger partial charge in [-0.1, -0.05) is 28.1 Å². The minimum absolute atomic E-state index is 0.569. The molecule has 0 aromatic heterocycles. The third kappa shape index (κ3) is 1.65. The van der Waals surface area contributed by atoms with Gasteiger partial charge in [0.25, 0.3) is 0 Å². The monoisotopic (exact) mass is 239 g/mol. The molecule has 0 saturated carbocycles. The molecule has 0 aliphatic heterocycles. The van der Waals surface area contributed by atoms with Crippen LogP contribution in [0.3, 0.4) is 0 Å². The Bertz CT molecular complexity index is 309. The first-order valence-electron chi connectivity index (χ1n) is 4.80. The van der Waals surface area contributed by atoms with Crippen molar-refractivity contribution in [2.45, 2.75) is 25.2 Å². The predicted octanol–water partition coefficient (Wildman–Crippen LogP) is 2.83. The van der Waals surface area contributed by atoms with Crippen LogP contribution in [0.5, 0.6) is 0 Å². The van der Waals surface area contributed by atoms with Crippen molar-refractivity contribution in [3.05, 3.63) is 33.8 Å². The van der Waals surface area contributed by atoms with E-state index >= 15 is 0 Å². The van der Waals surface area contributed by atoms with Crippen molar-refractivity contribution in [3.63, 3.8) is 0 Å². The lowest BCUT2D eigenvalue weighted by Crippen LogP contribution is -2.18. The highest BCUT2D eigenvalue weighted by atomic mass is 79.9. The first-order chi connectivity index (χ1) is 6.33. The smallest absolute Gasteiger partial charge is 0.0213 e. The molecule has 13 heavy (non-hydrogen) atoms. The second-order valence-electron chi connectivity index (χ2n) is 3.64. The molecule has 0 saturated heterocycles. The summed E-state index contributed by atoms with van der Waals surface area (Å²) in [4.78, 5) is 0. The summed E-state index contributed by atoms with van der Waals surface area (Å²) < 4.78 is 1.24. The molecule has 1 unspecified atom stereocenters. The van der Waals surface area contributed by atoms with E-state index in [9.17, 15) is 0 Å². The topological polar surface area (TPSA) is 26.0 Å². The zero-order valence-electron chi connectivity index (χ0n) is 7.59. The van der Waals surface area contributed by atoms with Gasteiger partial charge in [-0.05, 0) is 48.9 Å². The maximum Gasteiger partial charge on any atom is 0.0213 e. The van der Waals surface area contributed by atoms with Crippen molar-refractivity contribution in [2.75, 3.05) is 6.54 Å². The second kappa shape index (κ2) is 3.81. The van der Waals surface area contributed by atoms with E-state index in [0.29, 0.717) is 5.92 Å². The van der Waals surface area contributed by atoms with Gasteiger partial charge in [-0.3, -0.25) is 0 Å². The molecule has 0 heterocycles. The van der Waals surface area contributed by atoms with Crippen molar-refractivity contribution in [1.82, 2.24) is 0 Å². The summed E-state index contributed by atoms with van der Waals surface area (Å²) in [6.07, 6.45) is 3.74. The van der Waals surface area contributed by atoms with Crippen molar-refractivity contribution >= 4 is 15.9 Å². The number of fused-ring (bicyclic) bond motifs is 1. The normalized spacial score (nSPS) is 21.2. The van der Waals surface area contributed by atoms with Gasteiger partial charge in [-0.15, -0.1) is 0 Å². The highest BCUT2D eigenvalue weighted by Crippen LogP contribution is 2.35. The van der Waals surface area contributed by atoms with Crippen LogP contribution in [0.2, 0.25) is 0 Å². The lowest BCUT2D eigenvalue weighted by Gasteiger charge is -2.25. The molecule has 2 rings (SSSR count). The van der Waals surface area contributed by atoms with Gasteiger partial charge in [0.15, 0.2) is 0 Å². The Morgan fingerprint density at radius 2 is 2.31 bits per heavy atom. The van der Waals surface area contributed by atoms with E-state index in [2.05, 4.69) is 34.1 Å². The minimum atomic E-state index is 0.569. The third-order valence-electron chi connectivity index (χ3n) is 2.83. The van der Waals surface area contributed by atoms with Gasteiger partial charge in [-0.25, -0.2) is 0 Å². The Balaban J connectivity index is 2.47. The van der Waals surface area contributed by atoms with Gasteiger partial charge in [-0.2, -0.15) is 0 Å². The van der Waals surface area contributed by atoms with Crippen molar-refractivity contribution in [1.29, 1.82) is 0 Å². The van der Waals surface area contributed by atoms with Gasteiger partial charge in [0, 0.05) is 4.47 Å². The van der Waals surface area contributed by atoms with Gasteiger partial charge >= 0.3 is 0 Å². The molecule has 1 atom stereocenters. The molecule has 1 nitrogen and oxygen atoms in total. The van der Waals surface area contributed by atoms with Gasteiger partial charge in [0.1, 0.15) is 0 Å². The van der Waals surface area contributed by atoms with Gasteiger partial charge in [0.05, 0.1) is 0 Å². The summed E-state index contributed by atoms with van der Waals surface area (Å²) in [5.74, 6) is 0.569. The third-order valence-corrected chi connectivity index (χ3v) is 3.53. The lowest BCUT2D eigenvalue weighted by molar-refractivity contribution is 0.558. The summed E-state index contributed by atoms with van der Waals surface area (Å²) in [5.41, 5.74) is 8.70. The molecule has 0 radical (unpaired) electrons. The average molecular weight is 240 g/mol. The second-order valence-corrected chi connectivity index (χ2v) is 4.49. The van der Waals surface area contributed by atoms with E-state index in [1.54, 1.807) is 0 Å². The van der Waals surface area contributed by atoms with E-state index in [0.717, 1.165) is 6.54 Å². The summed E-state index contributed by atoms with van der Waals surface area (Å²) in [7, 11) is 0. The van der Waals surface area contributed by atoms with Crippen LogP contribution in [-0.4, -0.2) is 6.54 Å². The van der Waals surface area contributed by atoms with Crippen LogP contribution in [-0.2, 0) is 6.42 Å². The summed E-state index contributed by atoms with van der Waals surface area (Å²) >= 11 is 3.61. The molecule has 2 N–H and O–H groups in total. The molecule has 2 heteroatoms. The predicted molar refractivity (Wildman–Crippen MR) is 58.9 cm³/mol. The fraction of sp³-hybridized carbons (Fsp3) is 0.455. The van der Waals surface area contributed by atoms with Crippen molar-refractivity contribution in [3.8, 4) is 0 Å². The summed E-state index contributed by atoms with van der Waals surface area (Å²) in [6, 6.07) is 6.45. The number of benzene rings is 1. The molecule has 0 spiro atoms. The van der Waals surface area contributed by atoms with Crippen LogP contribution in [0, 0.1) is 0 Å². The van der Waals surface area contributed by atoms with E-state index in [4.69, 9.17) is 5.73 Å². The molecular weight excluding hydrogens is 226 g/mol. The van der Waals surface area contributed by atoms with Crippen LogP contribution < -0.4 is 5.73 Å². The number of nitrogens with two attached hydrogens (primary N) is 1. The quantitative estimate of drug-likeness (QED) is 0.802. The summed E-state index contributed by atoms with van der Waals surface area (Å²) in [6.45, 7) is 0.773. The lowest BCUT2D eigenvalue weighted by atomic mass is 9.83. The molecule has 1 aromatic carbocycles. The van der Waals surface area contributed by atoms with E-state index < -0.39 is 0 Å². The first-order valence-corrected chi connectivity index (χ1v) is 5.59. The number of hydrogen-bond donors (Lipinski definition) is 1. The molecule has 1 aliphatic rings. The molecule has 0 amide bonds. The number of rotatable bonds is 1. The minimum Gasteiger partial charge on any atom is -0.330 e. The van der Waals surface area contributed by atoms with Gasteiger partial charge in [0.2, 0.25) is 0 Å². The summed E-state index contributed by atoms with van der Waals surface area (Å²) in [5, 5.41) is 0. The van der Waals surface area contributed by atoms with Crippen LogP contribution in [0.1, 0.15) is 29.9 Å². The van der Waals surface area contributed by atoms with Crippen LogP contribution in [0.25, 0.3) is 0 Å². The largest absolute Gasteiger partial charge is 0.330 e. The number of aryl methyl sites for hydroxylation is 1. The van der Waals surface area contributed by atoms with E-state index in [1.165, 1.54) is 34.9 Å². The first kappa shape index (κ1) is 9.22. The Labute approximate surface area is 87.5 Å². The Hall–Kier alpha value is -0.340. The van der Waals surface area contributed by atoms with Crippen LogP contribution in [0.4, 0.5) is 0 Å². The standard InChI is InChI=1S/C11H14BrN/c12-10-6-2-4-8-3-1-5-9(7-13)11(8)10/h2,4,6,9H,1,3,5,7,13H2. The van der Waals surface area contributed by atoms with Crippen molar-refractivity contribution < 1.29 is 0 Å². The maximum absolute atomic E-state index is 5.77. The molecular formula is C11H14BrN. The molecule has 1 aromatic rings. The molecule has 0 bridgehead atoms. The fourth-order valence-electron chi connectivity index (χ4n) is 2.18. The molecule has 0 fully saturated rings. The average Bonchev–Trinajstić information content (AvgIpc) is 2.17.